The predicted octanol–water partition coefficient (Wildman–Crippen LogP) is 9.01. The predicted molar refractivity (Wildman–Crippen MR) is 183 cm³/mol. The van der Waals surface area contributed by atoms with Crippen molar-refractivity contribution in [1.29, 1.82) is 0 Å². The molecule has 0 fully saturated rings. The van der Waals surface area contributed by atoms with Gasteiger partial charge in [0.1, 0.15) is 11.9 Å². The van der Waals surface area contributed by atoms with Crippen LogP contribution in [-0.2, 0) is 33.6 Å². The van der Waals surface area contributed by atoms with Crippen molar-refractivity contribution < 1.29 is 32.0 Å². The molecule has 3 aromatic carbocycles. The minimum Gasteiger partial charge on any atom is -0.485 e. The van der Waals surface area contributed by atoms with Crippen LogP contribution in [-0.4, -0.2) is 50.7 Å². The molecule has 0 heterocycles. The number of nitrogens with zero attached hydrogens (tertiary/aromatic N) is 1. The normalized spacial score (nSPS) is 13.2. The van der Waals surface area contributed by atoms with Crippen LogP contribution < -0.4 is 9.82 Å². The first-order chi connectivity index (χ1) is 21.6. The summed E-state index contributed by atoms with van der Waals surface area (Å²) in [4.78, 5) is 0. The van der Waals surface area contributed by atoms with Crippen molar-refractivity contribution in [2.75, 3.05) is 40.0 Å². The summed E-state index contributed by atoms with van der Waals surface area (Å²) in [6.45, 7) is 13.1. The number of rotatable bonds is 19. The third-order valence-corrected chi connectivity index (χ3v) is 10.8. The molecule has 0 aliphatic heterocycles. The molecule has 2 unspecified atom stereocenters. The first-order valence-corrected chi connectivity index (χ1v) is 18.7. The first kappa shape index (κ1) is 38.9. The zero-order chi connectivity index (χ0) is 33.1. The quantitative estimate of drug-likeness (QED) is 0.126. The van der Waals surface area contributed by atoms with Gasteiger partial charge in [-0.3, -0.25) is 18.1 Å². The van der Waals surface area contributed by atoms with Crippen molar-refractivity contribution in [3.8, 4) is 5.75 Å². The Kier molecular flexibility index (Phi) is 17.9. The monoisotopic (exact) mass is 662 g/mol. The first-order valence-electron chi connectivity index (χ1n) is 15.7. The van der Waals surface area contributed by atoms with E-state index in [0.29, 0.717) is 39.4 Å². The standard InChI is InChI=1S/C21H30NO4P.C13H22NO3P/c1-5-24-27(23,25-6-2)22(4)17-16-21(19-13-8-7-9-14-19)26-20-15-11-10-12-18(20)3;1-4-16-18(15,17-5-2)14-12(3)11-13-9-7-6-8-10-13/h7-15,21H,5-6,16-17H2,1-4H3;6-10,12H,4-5,11H2,1-3H3,(H,14,15). The molecule has 0 saturated heterocycles. The molecule has 0 aliphatic rings. The number of aryl methyl sites for hydroxylation is 1. The lowest BCUT2D eigenvalue weighted by Crippen LogP contribution is -2.27. The maximum absolute atomic E-state index is 12.9. The fraction of sp³-hybridized carbons (Fsp3) is 0.471. The summed E-state index contributed by atoms with van der Waals surface area (Å²) >= 11 is 0. The molecule has 3 aromatic rings. The average molecular weight is 663 g/mol. The Morgan fingerprint density at radius 2 is 1.24 bits per heavy atom. The van der Waals surface area contributed by atoms with E-state index in [2.05, 4.69) is 5.09 Å². The van der Waals surface area contributed by atoms with Gasteiger partial charge in [0.25, 0.3) is 0 Å². The molecule has 0 aromatic heterocycles. The van der Waals surface area contributed by atoms with Crippen LogP contribution in [0.5, 0.6) is 5.75 Å². The molecule has 0 spiro atoms. The highest BCUT2D eigenvalue weighted by molar-refractivity contribution is 7.51. The van der Waals surface area contributed by atoms with E-state index in [1.165, 1.54) is 5.56 Å². The number of para-hydroxylation sites is 1. The third kappa shape index (κ3) is 13.9. The van der Waals surface area contributed by atoms with Gasteiger partial charge in [0.15, 0.2) is 0 Å². The Morgan fingerprint density at radius 1 is 0.733 bits per heavy atom. The Bertz CT molecular complexity index is 1290. The number of hydrogen-bond donors (Lipinski definition) is 1. The number of hydrogen-bond acceptors (Lipinski definition) is 7. The van der Waals surface area contributed by atoms with Crippen molar-refractivity contribution in [1.82, 2.24) is 9.76 Å². The summed E-state index contributed by atoms with van der Waals surface area (Å²) in [5.74, 6) is 0.854. The largest absolute Gasteiger partial charge is 0.485 e. The molecule has 0 bridgehead atoms. The Labute approximate surface area is 270 Å². The minimum atomic E-state index is -3.27. The SMILES string of the molecule is CCOP(=O)(NC(C)Cc1ccccc1)OCC.CCOP(=O)(OCC)N(C)CCC(Oc1ccccc1C)c1ccccc1. The summed E-state index contributed by atoms with van der Waals surface area (Å²) in [7, 11) is -4.67. The lowest BCUT2D eigenvalue weighted by atomic mass is 10.1. The van der Waals surface area contributed by atoms with E-state index in [9.17, 15) is 9.13 Å². The van der Waals surface area contributed by atoms with Crippen molar-refractivity contribution in [3.05, 3.63) is 102 Å². The van der Waals surface area contributed by atoms with Crippen molar-refractivity contribution in [2.45, 2.75) is 66.5 Å². The molecule has 45 heavy (non-hydrogen) atoms. The van der Waals surface area contributed by atoms with E-state index in [-0.39, 0.29) is 12.1 Å². The van der Waals surface area contributed by atoms with Crippen molar-refractivity contribution in [2.24, 2.45) is 0 Å². The molecule has 9 nitrogen and oxygen atoms in total. The van der Waals surface area contributed by atoms with Crippen LogP contribution in [0, 0.1) is 6.92 Å². The van der Waals surface area contributed by atoms with E-state index >= 15 is 0 Å². The molecular formula is C34H52N2O7P2. The third-order valence-electron chi connectivity index (χ3n) is 6.61. The molecule has 250 valence electrons. The van der Waals surface area contributed by atoms with Gasteiger partial charge in [-0.2, -0.15) is 0 Å². The zero-order valence-electron chi connectivity index (χ0n) is 27.9. The summed E-state index contributed by atoms with van der Waals surface area (Å²) < 4.78 is 54.4. The Balaban J connectivity index is 0.000000341. The summed E-state index contributed by atoms with van der Waals surface area (Å²) in [6.07, 6.45) is 1.27. The van der Waals surface area contributed by atoms with E-state index in [4.69, 9.17) is 22.8 Å². The number of benzene rings is 3. The highest BCUT2D eigenvalue weighted by Crippen LogP contribution is 2.51. The van der Waals surface area contributed by atoms with Gasteiger partial charge in [-0.1, -0.05) is 78.9 Å². The number of ether oxygens (including phenoxy) is 1. The van der Waals surface area contributed by atoms with Crippen LogP contribution in [0.25, 0.3) is 0 Å². The fourth-order valence-corrected chi connectivity index (χ4v) is 7.54. The smallest absolute Gasteiger partial charge is 0.407 e. The van der Waals surface area contributed by atoms with Gasteiger partial charge in [-0.05, 0) is 77.8 Å². The van der Waals surface area contributed by atoms with Gasteiger partial charge in [0.2, 0.25) is 0 Å². The second-order valence-corrected chi connectivity index (χ2v) is 14.2. The molecule has 3 rings (SSSR count). The average Bonchev–Trinajstić information content (AvgIpc) is 3.01. The minimum absolute atomic E-state index is 0.0244. The van der Waals surface area contributed by atoms with Crippen LogP contribution in [0.15, 0.2) is 84.9 Å². The van der Waals surface area contributed by atoms with Gasteiger partial charge < -0.3 is 4.74 Å². The summed E-state index contributed by atoms with van der Waals surface area (Å²) in [6, 6.07) is 28.1. The fourth-order valence-electron chi connectivity index (χ4n) is 4.53. The van der Waals surface area contributed by atoms with Gasteiger partial charge in [-0.25, -0.2) is 18.9 Å². The molecule has 0 aliphatic carbocycles. The van der Waals surface area contributed by atoms with Gasteiger partial charge in [-0.15, -0.1) is 0 Å². The molecule has 11 heteroatoms. The molecular weight excluding hydrogens is 610 g/mol. The van der Waals surface area contributed by atoms with E-state index in [0.717, 1.165) is 23.3 Å². The highest BCUT2D eigenvalue weighted by Gasteiger charge is 2.31. The second-order valence-electron chi connectivity index (χ2n) is 10.3. The topological polar surface area (TPSA) is 95.6 Å². The lowest BCUT2D eigenvalue weighted by molar-refractivity contribution is 0.155. The van der Waals surface area contributed by atoms with Crippen LogP contribution in [0.1, 0.15) is 63.8 Å². The van der Waals surface area contributed by atoms with Crippen molar-refractivity contribution in [3.63, 3.8) is 0 Å². The summed E-state index contributed by atoms with van der Waals surface area (Å²) in [5, 5.41) is 2.95. The lowest BCUT2D eigenvalue weighted by Gasteiger charge is -2.28. The van der Waals surface area contributed by atoms with E-state index in [1.54, 1.807) is 25.6 Å². The molecule has 2 atom stereocenters. The summed E-state index contributed by atoms with van der Waals surface area (Å²) in [5.41, 5.74) is 3.36. The molecule has 1 N–H and O–H groups in total. The van der Waals surface area contributed by atoms with Crippen LogP contribution in [0.3, 0.4) is 0 Å². The maximum Gasteiger partial charge on any atom is 0.407 e. The Hall–Kier alpha value is -2.32. The number of nitrogens with one attached hydrogen (secondary N) is 1. The van der Waals surface area contributed by atoms with Gasteiger partial charge in [0, 0.05) is 19.0 Å². The van der Waals surface area contributed by atoms with E-state index < -0.39 is 15.5 Å². The highest BCUT2D eigenvalue weighted by atomic mass is 31.2. The second kappa shape index (κ2) is 20.7. The zero-order valence-corrected chi connectivity index (χ0v) is 29.7. The molecule has 0 saturated carbocycles. The van der Waals surface area contributed by atoms with Gasteiger partial charge >= 0.3 is 15.5 Å². The molecule has 0 amide bonds. The van der Waals surface area contributed by atoms with Crippen LogP contribution in [0.2, 0.25) is 0 Å². The van der Waals surface area contributed by atoms with Crippen molar-refractivity contribution >= 4 is 15.5 Å². The van der Waals surface area contributed by atoms with Crippen LogP contribution in [0.4, 0.5) is 0 Å². The molecule has 0 radical (unpaired) electrons. The van der Waals surface area contributed by atoms with E-state index in [1.807, 2.05) is 113 Å². The maximum atomic E-state index is 12.9. The van der Waals surface area contributed by atoms with Gasteiger partial charge in [0.05, 0.1) is 26.4 Å². The van der Waals surface area contributed by atoms with Crippen LogP contribution >= 0.6 is 15.5 Å². The Morgan fingerprint density at radius 3 is 1.78 bits per heavy atom.